The highest BCUT2D eigenvalue weighted by molar-refractivity contribution is 9.10. The minimum atomic E-state index is -2.89. The van der Waals surface area contributed by atoms with Crippen LogP contribution < -0.4 is 14.8 Å². The van der Waals surface area contributed by atoms with Gasteiger partial charge in [-0.25, -0.2) is 8.42 Å². The van der Waals surface area contributed by atoms with Gasteiger partial charge in [0, 0.05) is 6.04 Å². The Morgan fingerprint density at radius 3 is 2.85 bits per heavy atom. The minimum absolute atomic E-state index is 0.00178. The molecule has 0 aliphatic carbocycles. The summed E-state index contributed by atoms with van der Waals surface area (Å²) in [7, 11) is -1.03. The molecule has 1 aromatic carbocycles. The number of nitrogens with one attached hydrogen (secondary N) is 1. The van der Waals surface area contributed by atoms with Crippen LogP contribution in [0.25, 0.3) is 0 Å². The van der Waals surface area contributed by atoms with Crippen LogP contribution in [0, 0.1) is 5.92 Å². The highest BCUT2D eigenvalue weighted by atomic mass is 79.9. The Morgan fingerprint density at radius 2 is 2.20 bits per heavy atom. The molecule has 0 amide bonds. The maximum absolute atomic E-state index is 11.7. The number of hydrogen-bond acceptors (Lipinski definition) is 5. The minimum Gasteiger partial charge on any atom is -0.454 e. The molecule has 3 rings (SSSR count). The first kappa shape index (κ1) is 14.2. The Bertz CT molecular complexity index is 632. The second-order valence-electron chi connectivity index (χ2n) is 5.17. The molecular formula is C13H16BrNO4S. The summed E-state index contributed by atoms with van der Waals surface area (Å²) in [4.78, 5) is 0. The van der Waals surface area contributed by atoms with E-state index in [1.807, 2.05) is 19.2 Å². The molecule has 1 fully saturated rings. The zero-order valence-electron chi connectivity index (χ0n) is 11.1. The van der Waals surface area contributed by atoms with Crippen molar-refractivity contribution in [2.75, 3.05) is 25.3 Å². The van der Waals surface area contributed by atoms with E-state index in [0.717, 1.165) is 10.0 Å². The summed E-state index contributed by atoms with van der Waals surface area (Å²) in [6.45, 7) is 0.222. The molecule has 1 saturated heterocycles. The second-order valence-corrected chi connectivity index (χ2v) is 8.25. The Kier molecular flexibility index (Phi) is 3.68. The van der Waals surface area contributed by atoms with Crippen molar-refractivity contribution in [2.45, 2.75) is 12.5 Å². The first-order valence-corrected chi connectivity index (χ1v) is 9.08. The lowest BCUT2D eigenvalue weighted by atomic mass is 9.92. The van der Waals surface area contributed by atoms with E-state index < -0.39 is 9.84 Å². The summed E-state index contributed by atoms with van der Waals surface area (Å²) >= 11 is 3.48. The maximum Gasteiger partial charge on any atom is 0.231 e. The van der Waals surface area contributed by atoms with Crippen molar-refractivity contribution >= 4 is 25.8 Å². The lowest BCUT2D eigenvalue weighted by Gasteiger charge is -2.23. The topological polar surface area (TPSA) is 64.6 Å². The lowest BCUT2D eigenvalue weighted by Crippen LogP contribution is -2.26. The van der Waals surface area contributed by atoms with Gasteiger partial charge in [-0.1, -0.05) is 0 Å². The van der Waals surface area contributed by atoms with Crippen molar-refractivity contribution in [3.8, 4) is 11.5 Å². The average molecular weight is 362 g/mol. The number of rotatable bonds is 3. The Labute approximate surface area is 126 Å². The molecule has 20 heavy (non-hydrogen) atoms. The van der Waals surface area contributed by atoms with Gasteiger partial charge >= 0.3 is 0 Å². The molecule has 110 valence electrons. The summed E-state index contributed by atoms with van der Waals surface area (Å²) in [5.41, 5.74) is 1.02. The average Bonchev–Trinajstić information content (AvgIpc) is 2.97. The first-order chi connectivity index (χ1) is 9.50. The van der Waals surface area contributed by atoms with E-state index in [1.165, 1.54) is 0 Å². The van der Waals surface area contributed by atoms with Crippen molar-refractivity contribution in [3.63, 3.8) is 0 Å². The van der Waals surface area contributed by atoms with Gasteiger partial charge in [0.05, 0.1) is 16.0 Å². The Hall–Kier alpha value is -0.790. The summed E-state index contributed by atoms with van der Waals surface area (Å²) < 4.78 is 35.0. The van der Waals surface area contributed by atoms with Crippen LogP contribution in [-0.2, 0) is 9.84 Å². The predicted octanol–water partition coefficient (Wildman–Crippen LogP) is 1.87. The third kappa shape index (κ3) is 2.54. The lowest BCUT2D eigenvalue weighted by molar-refractivity contribution is 0.173. The van der Waals surface area contributed by atoms with E-state index in [4.69, 9.17) is 9.47 Å². The van der Waals surface area contributed by atoms with Gasteiger partial charge < -0.3 is 14.8 Å². The summed E-state index contributed by atoms with van der Waals surface area (Å²) in [6, 6.07) is 3.90. The van der Waals surface area contributed by atoms with E-state index in [1.54, 1.807) is 0 Å². The first-order valence-electron chi connectivity index (χ1n) is 6.47. The molecule has 0 bridgehead atoms. The quantitative estimate of drug-likeness (QED) is 0.890. The van der Waals surface area contributed by atoms with Crippen molar-refractivity contribution in [2.24, 2.45) is 5.92 Å². The fourth-order valence-corrected chi connectivity index (χ4v) is 5.34. The smallest absolute Gasteiger partial charge is 0.231 e. The molecular weight excluding hydrogens is 346 g/mol. The monoisotopic (exact) mass is 361 g/mol. The van der Waals surface area contributed by atoms with Gasteiger partial charge in [-0.3, -0.25) is 0 Å². The van der Waals surface area contributed by atoms with E-state index in [-0.39, 0.29) is 30.3 Å². The van der Waals surface area contributed by atoms with Crippen LogP contribution in [0.5, 0.6) is 11.5 Å². The van der Waals surface area contributed by atoms with Gasteiger partial charge in [-0.2, -0.15) is 0 Å². The van der Waals surface area contributed by atoms with Crippen LogP contribution in [0.3, 0.4) is 0 Å². The summed E-state index contributed by atoms with van der Waals surface area (Å²) in [5, 5.41) is 3.23. The van der Waals surface area contributed by atoms with E-state index >= 15 is 0 Å². The molecule has 5 nitrogen and oxygen atoms in total. The molecule has 7 heteroatoms. The van der Waals surface area contributed by atoms with Crippen molar-refractivity contribution in [1.29, 1.82) is 0 Å². The van der Waals surface area contributed by atoms with Crippen LogP contribution in [0.1, 0.15) is 18.0 Å². The van der Waals surface area contributed by atoms with Crippen molar-refractivity contribution in [1.82, 2.24) is 5.32 Å². The highest BCUT2D eigenvalue weighted by Crippen LogP contribution is 2.43. The molecule has 1 aromatic rings. The molecule has 2 aliphatic rings. The van der Waals surface area contributed by atoms with Crippen molar-refractivity contribution < 1.29 is 17.9 Å². The zero-order chi connectivity index (χ0) is 14.3. The standard InChI is InChI=1S/C13H16BrNO4S/c1-15-12(8-2-3-20(16,17)6-8)9-4-10(14)13-11(5-9)18-7-19-13/h4-5,8,12,15H,2-3,6-7H2,1H3. The molecule has 2 unspecified atom stereocenters. The van der Waals surface area contributed by atoms with Gasteiger partial charge in [-0.05, 0) is 53.0 Å². The number of benzene rings is 1. The summed E-state index contributed by atoms with van der Waals surface area (Å²) in [5.74, 6) is 2.03. The maximum atomic E-state index is 11.7. The normalized spacial score (nSPS) is 24.8. The largest absolute Gasteiger partial charge is 0.454 e. The Balaban J connectivity index is 1.92. The van der Waals surface area contributed by atoms with Crippen LogP contribution in [0.2, 0.25) is 0 Å². The van der Waals surface area contributed by atoms with Crippen molar-refractivity contribution in [3.05, 3.63) is 22.2 Å². The SMILES string of the molecule is CNC(c1cc(Br)c2c(c1)OCO2)C1CCS(=O)(=O)C1. The van der Waals surface area contributed by atoms with Gasteiger partial charge in [-0.15, -0.1) is 0 Å². The predicted molar refractivity (Wildman–Crippen MR) is 78.8 cm³/mol. The zero-order valence-corrected chi connectivity index (χ0v) is 13.5. The third-order valence-corrected chi connectivity index (χ3v) is 6.24. The van der Waals surface area contributed by atoms with E-state index in [2.05, 4.69) is 21.2 Å². The number of fused-ring (bicyclic) bond motifs is 1. The second kappa shape index (κ2) is 5.20. The van der Waals surface area contributed by atoms with Gasteiger partial charge in [0.1, 0.15) is 0 Å². The number of sulfone groups is 1. The van der Waals surface area contributed by atoms with E-state index in [9.17, 15) is 8.42 Å². The van der Waals surface area contributed by atoms with Crippen LogP contribution in [-0.4, -0.2) is 33.8 Å². The number of ether oxygens (including phenoxy) is 2. The molecule has 0 saturated carbocycles. The summed E-state index contributed by atoms with van der Waals surface area (Å²) in [6.07, 6.45) is 0.694. The molecule has 0 aromatic heterocycles. The molecule has 0 spiro atoms. The fourth-order valence-electron chi connectivity index (χ4n) is 2.93. The van der Waals surface area contributed by atoms with Crippen LogP contribution in [0.4, 0.5) is 0 Å². The fraction of sp³-hybridized carbons (Fsp3) is 0.538. The third-order valence-electron chi connectivity index (χ3n) is 3.86. The Morgan fingerprint density at radius 1 is 1.40 bits per heavy atom. The van der Waals surface area contributed by atoms with Gasteiger partial charge in [0.15, 0.2) is 21.3 Å². The highest BCUT2D eigenvalue weighted by Gasteiger charge is 2.34. The molecule has 0 radical (unpaired) electrons. The molecule has 2 aliphatic heterocycles. The van der Waals surface area contributed by atoms with Crippen LogP contribution >= 0.6 is 15.9 Å². The molecule has 2 heterocycles. The van der Waals surface area contributed by atoms with E-state index in [0.29, 0.717) is 17.9 Å². The van der Waals surface area contributed by atoms with Gasteiger partial charge in [0.25, 0.3) is 0 Å². The van der Waals surface area contributed by atoms with Crippen LogP contribution in [0.15, 0.2) is 16.6 Å². The molecule has 2 atom stereocenters. The van der Waals surface area contributed by atoms with Gasteiger partial charge in [0.2, 0.25) is 6.79 Å². The number of hydrogen-bond donors (Lipinski definition) is 1. The molecule has 1 N–H and O–H groups in total. The number of halogens is 1.